The molecule has 2 aromatic rings. The van der Waals surface area contributed by atoms with Crippen molar-refractivity contribution in [3.05, 3.63) is 69.3 Å². The van der Waals surface area contributed by atoms with Gasteiger partial charge in [-0.05, 0) is 43.0 Å². The lowest BCUT2D eigenvalue weighted by Gasteiger charge is -2.33. The van der Waals surface area contributed by atoms with Gasteiger partial charge in [0.15, 0.2) is 0 Å². The number of amides is 2. The van der Waals surface area contributed by atoms with Crippen molar-refractivity contribution < 1.29 is 18.4 Å². The van der Waals surface area contributed by atoms with Gasteiger partial charge >= 0.3 is 0 Å². The van der Waals surface area contributed by atoms with Crippen molar-refractivity contribution in [2.24, 2.45) is 5.92 Å². The minimum absolute atomic E-state index is 0.0689. The summed E-state index contributed by atoms with van der Waals surface area (Å²) < 4.78 is 28.3. The van der Waals surface area contributed by atoms with E-state index in [4.69, 9.17) is 23.2 Å². The zero-order chi connectivity index (χ0) is 21.6. The first-order valence-corrected chi connectivity index (χ1v) is 10.3. The van der Waals surface area contributed by atoms with E-state index in [-0.39, 0.29) is 16.3 Å². The van der Waals surface area contributed by atoms with Gasteiger partial charge in [-0.25, -0.2) is 13.7 Å². The second-order valence-corrected chi connectivity index (χ2v) is 8.43. The Morgan fingerprint density at radius 2 is 1.80 bits per heavy atom. The normalized spacial score (nSPS) is 19.8. The number of piperidine rings is 1. The van der Waals surface area contributed by atoms with Crippen molar-refractivity contribution in [1.82, 2.24) is 4.90 Å². The van der Waals surface area contributed by atoms with Crippen LogP contribution < -0.4 is 4.90 Å². The number of benzene rings is 2. The third kappa shape index (κ3) is 3.59. The van der Waals surface area contributed by atoms with E-state index >= 15 is 0 Å². The minimum Gasteiger partial charge on any atom is -0.366 e. The molecule has 1 unspecified atom stereocenters. The van der Waals surface area contributed by atoms with Crippen LogP contribution in [0.4, 0.5) is 14.5 Å². The molecule has 2 amide bonds. The monoisotopic (exact) mass is 450 g/mol. The van der Waals surface area contributed by atoms with Crippen LogP contribution in [0.3, 0.4) is 0 Å². The number of rotatable bonds is 3. The molecule has 1 saturated heterocycles. The first-order chi connectivity index (χ1) is 14.3. The number of hydrogen-bond acceptors (Lipinski definition) is 3. The Morgan fingerprint density at radius 3 is 2.50 bits per heavy atom. The van der Waals surface area contributed by atoms with E-state index in [1.54, 1.807) is 12.1 Å². The SMILES string of the molecule is CC1CCCN(C2=C(c3ccc(Cl)cc3Cl)C(=O)N(c3cc(F)ccc3F)C2=O)C1. The number of imide groups is 1. The number of carbonyl (C=O) groups excluding carboxylic acids is 2. The quantitative estimate of drug-likeness (QED) is 0.596. The van der Waals surface area contributed by atoms with Crippen molar-refractivity contribution in [2.45, 2.75) is 19.8 Å². The summed E-state index contributed by atoms with van der Waals surface area (Å²) in [5.41, 5.74) is 0.124. The molecule has 0 aliphatic carbocycles. The van der Waals surface area contributed by atoms with E-state index in [1.165, 1.54) is 6.07 Å². The van der Waals surface area contributed by atoms with Gasteiger partial charge < -0.3 is 4.90 Å². The van der Waals surface area contributed by atoms with Gasteiger partial charge in [0.2, 0.25) is 0 Å². The summed E-state index contributed by atoms with van der Waals surface area (Å²) in [6.45, 7) is 3.21. The Kier molecular flexibility index (Phi) is 5.55. The van der Waals surface area contributed by atoms with Gasteiger partial charge in [0, 0.05) is 29.7 Å². The van der Waals surface area contributed by atoms with Crippen LogP contribution in [-0.4, -0.2) is 29.8 Å². The average molecular weight is 451 g/mol. The zero-order valence-electron chi connectivity index (χ0n) is 16.1. The fraction of sp³-hybridized carbons (Fsp3) is 0.273. The van der Waals surface area contributed by atoms with Crippen molar-refractivity contribution in [1.29, 1.82) is 0 Å². The molecule has 2 aliphatic rings. The van der Waals surface area contributed by atoms with E-state index in [1.807, 2.05) is 4.90 Å². The Morgan fingerprint density at radius 1 is 1.03 bits per heavy atom. The molecule has 1 fully saturated rings. The molecular weight excluding hydrogens is 433 g/mol. The molecule has 2 aromatic carbocycles. The highest BCUT2D eigenvalue weighted by atomic mass is 35.5. The molecule has 30 heavy (non-hydrogen) atoms. The predicted octanol–water partition coefficient (Wildman–Crippen LogP) is 5.29. The summed E-state index contributed by atoms with van der Waals surface area (Å²) in [4.78, 5) is 29.3. The maximum Gasteiger partial charge on any atom is 0.282 e. The van der Waals surface area contributed by atoms with Gasteiger partial charge in [0.05, 0.1) is 16.3 Å². The van der Waals surface area contributed by atoms with Crippen molar-refractivity contribution in [2.75, 3.05) is 18.0 Å². The molecular formula is C22H18Cl2F2N2O2. The smallest absolute Gasteiger partial charge is 0.282 e. The highest BCUT2D eigenvalue weighted by Gasteiger charge is 2.44. The molecule has 4 rings (SSSR count). The van der Waals surface area contributed by atoms with Gasteiger partial charge in [0.25, 0.3) is 11.8 Å². The van der Waals surface area contributed by atoms with Gasteiger partial charge in [-0.1, -0.05) is 36.2 Å². The van der Waals surface area contributed by atoms with Crippen LogP contribution in [0.1, 0.15) is 25.3 Å². The molecule has 0 radical (unpaired) electrons. The van der Waals surface area contributed by atoms with Crippen LogP contribution in [-0.2, 0) is 9.59 Å². The number of carbonyl (C=O) groups is 2. The van der Waals surface area contributed by atoms with Crippen LogP contribution >= 0.6 is 23.2 Å². The fourth-order valence-corrected chi connectivity index (χ4v) is 4.52. The third-order valence-electron chi connectivity index (χ3n) is 5.38. The predicted molar refractivity (Wildman–Crippen MR) is 112 cm³/mol. The molecule has 2 heterocycles. The molecule has 8 heteroatoms. The Hall–Kier alpha value is -2.44. The van der Waals surface area contributed by atoms with Crippen LogP contribution in [0.25, 0.3) is 5.57 Å². The second-order valence-electron chi connectivity index (χ2n) is 7.58. The van der Waals surface area contributed by atoms with Gasteiger partial charge in [-0.15, -0.1) is 0 Å². The molecule has 0 spiro atoms. The topological polar surface area (TPSA) is 40.6 Å². The number of nitrogens with zero attached hydrogens (tertiary/aromatic N) is 2. The molecule has 1 atom stereocenters. The number of anilines is 1. The number of likely N-dealkylation sites (tertiary alicyclic amines) is 1. The van der Waals surface area contributed by atoms with Crippen molar-refractivity contribution in [3.8, 4) is 0 Å². The largest absolute Gasteiger partial charge is 0.366 e. The second kappa shape index (κ2) is 8.00. The van der Waals surface area contributed by atoms with Crippen LogP contribution in [0.15, 0.2) is 42.1 Å². The molecule has 0 aromatic heterocycles. The van der Waals surface area contributed by atoms with Crippen LogP contribution in [0, 0.1) is 17.6 Å². The summed E-state index contributed by atoms with van der Waals surface area (Å²) in [5, 5.41) is 0.574. The van der Waals surface area contributed by atoms with Gasteiger partial charge in [-0.3, -0.25) is 9.59 Å². The highest BCUT2D eigenvalue weighted by molar-refractivity contribution is 6.47. The Bertz CT molecular complexity index is 1090. The maximum absolute atomic E-state index is 14.5. The van der Waals surface area contributed by atoms with E-state index < -0.39 is 29.1 Å². The summed E-state index contributed by atoms with van der Waals surface area (Å²) in [6, 6.07) is 7.26. The van der Waals surface area contributed by atoms with E-state index in [0.29, 0.717) is 34.5 Å². The van der Waals surface area contributed by atoms with E-state index in [2.05, 4.69) is 6.92 Å². The molecule has 2 aliphatic heterocycles. The van der Waals surface area contributed by atoms with Gasteiger partial charge in [0.1, 0.15) is 17.3 Å². The highest BCUT2D eigenvalue weighted by Crippen LogP contribution is 2.40. The van der Waals surface area contributed by atoms with E-state index in [0.717, 1.165) is 31.0 Å². The first kappa shape index (κ1) is 20.8. The molecule has 0 saturated carbocycles. The first-order valence-electron chi connectivity index (χ1n) is 9.56. The molecule has 156 valence electrons. The third-order valence-corrected chi connectivity index (χ3v) is 5.93. The standard InChI is InChI=1S/C22H18Cl2F2N2O2/c1-12-3-2-8-27(11-12)20-19(15-6-4-13(23)9-16(15)24)21(29)28(22(20)30)18-10-14(25)5-7-17(18)26/h4-7,9-10,12H,2-3,8,11H2,1H3. The zero-order valence-corrected chi connectivity index (χ0v) is 17.6. The lowest BCUT2D eigenvalue weighted by molar-refractivity contribution is -0.120. The number of hydrogen-bond donors (Lipinski definition) is 0. The van der Waals surface area contributed by atoms with Crippen LogP contribution in [0.5, 0.6) is 0 Å². The average Bonchev–Trinajstić information content (AvgIpc) is 2.94. The Labute approximate surface area is 182 Å². The van der Waals surface area contributed by atoms with Gasteiger partial charge in [-0.2, -0.15) is 0 Å². The molecule has 0 bridgehead atoms. The summed E-state index contributed by atoms with van der Waals surface area (Å²) in [5.74, 6) is -2.75. The summed E-state index contributed by atoms with van der Waals surface area (Å²) >= 11 is 12.3. The molecule has 4 nitrogen and oxygen atoms in total. The lowest BCUT2D eigenvalue weighted by atomic mass is 9.97. The minimum atomic E-state index is -0.868. The number of halogens is 4. The van der Waals surface area contributed by atoms with Crippen molar-refractivity contribution in [3.63, 3.8) is 0 Å². The van der Waals surface area contributed by atoms with Crippen molar-refractivity contribution >= 4 is 46.3 Å². The maximum atomic E-state index is 14.5. The van der Waals surface area contributed by atoms with Crippen LogP contribution in [0.2, 0.25) is 10.0 Å². The summed E-state index contributed by atoms with van der Waals surface area (Å²) in [6.07, 6.45) is 1.85. The lowest BCUT2D eigenvalue weighted by Crippen LogP contribution is -2.39. The van der Waals surface area contributed by atoms with E-state index in [9.17, 15) is 18.4 Å². The summed E-state index contributed by atoms with van der Waals surface area (Å²) in [7, 11) is 0. The Balaban J connectivity index is 1.89. The fourth-order valence-electron chi connectivity index (χ4n) is 4.01. The molecule has 0 N–H and O–H groups in total.